The van der Waals surface area contributed by atoms with Gasteiger partial charge in [0, 0.05) is 30.3 Å². The maximum Gasteiger partial charge on any atom is 0.257 e. The molecule has 0 aliphatic rings. The average molecular weight is 371 g/mol. The zero-order valence-electron chi connectivity index (χ0n) is 14.1. The number of H-pyrrole nitrogens is 1. The third-order valence-electron chi connectivity index (χ3n) is 3.35. The number of nitrogens with zero attached hydrogens (tertiary/aromatic N) is 3. The third kappa shape index (κ3) is 5.03. The normalized spacial score (nSPS) is 10.7. The van der Waals surface area contributed by atoms with Crippen LogP contribution in [0.2, 0.25) is 0 Å². The molecule has 2 N–H and O–H groups in total. The summed E-state index contributed by atoms with van der Waals surface area (Å²) in [6.07, 6.45) is 0.465. The highest BCUT2D eigenvalue weighted by molar-refractivity contribution is 7.99. The molecular weight excluding hydrogens is 354 g/mol. The van der Waals surface area contributed by atoms with Crippen LogP contribution < -0.4 is 10.9 Å². The fraction of sp³-hybridized carbons (Fsp3) is 0.235. The molecule has 3 rings (SSSR count). The van der Waals surface area contributed by atoms with Gasteiger partial charge in [-0.25, -0.2) is 4.98 Å². The number of hydrogen-bond donors (Lipinski definition) is 2. The lowest BCUT2D eigenvalue weighted by Gasteiger charge is -2.03. The first-order valence-corrected chi connectivity index (χ1v) is 8.94. The molecule has 0 unspecified atom stereocenters. The van der Waals surface area contributed by atoms with Crippen LogP contribution >= 0.6 is 11.8 Å². The van der Waals surface area contributed by atoms with Crippen LogP contribution in [0.4, 0.5) is 0 Å². The van der Waals surface area contributed by atoms with E-state index in [-0.39, 0.29) is 17.2 Å². The molecule has 0 saturated carbocycles. The Labute approximate surface area is 153 Å². The number of rotatable bonds is 7. The lowest BCUT2D eigenvalue weighted by molar-refractivity contribution is -0.118. The first-order valence-electron chi connectivity index (χ1n) is 7.95. The van der Waals surface area contributed by atoms with E-state index in [0.717, 1.165) is 5.56 Å². The van der Waals surface area contributed by atoms with E-state index in [1.54, 1.807) is 6.92 Å². The number of carbonyl (C=O) groups is 1. The Morgan fingerprint density at radius 1 is 1.27 bits per heavy atom. The minimum absolute atomic E-state index is 0.161. The molecule has 26 heavy (non-hydrogen) atoms. The topological polar surface area (TPSA) is 114 Å². The van der Waals surface area contributed by atoms with Gasteiger partial charge in [0.05, 0.1) is 5.75 Å². The van der Waals surface area contributed by atoms with Crippen molar-refractivity contribution in [1.29, 1.82) is 0 Å². The van der Waals surface area contributed by atoms with E-state index in [1.807, 2.05) is 30.3 Å². The second kappa shape index (κ2) is 8.43. The fourth-order valence-corrected chi connectivity index (χ4v) is 2.92. The van der Waals surface area contributed by atoms with Gasteiger partial charge < -0.3 is 14.8 Å². The Bertz CT molecular complexity index is 939. The van der Waals surface area contributed by atoms with E-state index >= 15 is 0 Å². The van der Waals surface area contributed by atoms with Crippen molar-refractivity contribution >= 4 is 17.7 Å². The molecule has 8 nitrogen and oxygen atoms in total. The van der Waals surface area contributed by atoms with Gasteiger partial charge in [-0.15, -0.1) is 0 Å². The summed E-state index contributed by atoms with van der Waals surface area (Å²) in [5, 5.41) is 7.12. The van der Waals surface area contributed by atoms with Crippen LogP contribution in [0.1, 0.15) is 11.5 Å². The summed E-state index contributed by atoms with van der Waals surface area (Å²) in [5.41, 5.74) is 1.24. The molecule has 0 bridgehead atoms. The number of nitrogens with one attached hydrogen (secondary N) is 2. The summed E-state index contributed by atoms with van der Waals surface area (Å²) in [7, 11) is 0. The number of aryl methyl sites for hydroxylation is 1. The predicted molar refractivity (Wildman–Crippen MR) is 96.8 cm³/mol. The van der Waals surface area contributed by atoms with Gasteiger partial charge in [0.15, 0.2) is 11.0 Å². The highest BCUT2D eigenvalue weighted by Crippen LogP contribution is 2.16. The summed E-state index contributed by atoms with van der Waals surface area (Å²) >= 11 is 1.18. The fourth-order valence-electron chi connectivity index (χ4n) is 2.17. The van der Waals surface area contributed by atoms with Crippen LogP contribution in [-0.2, 0) is 11.2 Å². The first-order chi connectivity index (χ1) is 12.6. The molecule has 3 aromatic rings. The maximum absolute atomic E-state index is 11.9. The van der Waals surface area contributed by atoms with Crippen LogP contribution in [0, 0.1) is 6.92 Å². The average Bonchev–Trinajstić information content (AvgIpc) is 3.09. The Morgan fingerprint density at radius 3 is 2.85 bits per heavy atom. The molecule has 1 amide bonds. The van der Waals surface area contributed by atoms with Gasteiger partial charge in [-0.3, -0.25) is 9.59 Å². The van der Waals surface area contributed by atoms with Gasteiger partial charge in [-0.2, -0.15) is 4.98 Å². The van der Waals surface area contributed by atoms with E-state index < -0.39 is 0 Å². The molecule has 0 atom stereocenters. The van der Waals surface area contributed by atoms with Crippen molar-refractivity contribution in [3.8, 4) is 11.5 Å². The Morgan fingerprint density at radius 2 is 2.08 bits per heavy atom. The van der Waals surface area contributed by atoms with E-state index in [0.29, 0.717) is 35.5 Å². The van der Waals surface area contributed by atoms with Crippen molar-refractivity contribution in [3.05, 3.63) is 58.3 Å². The van der Waals surface area contributed by atoms with Crippen LogP contribution in [-0.4, -0.2) is 38.3 Å². The zero-order chi connectivity index (χ0) is 18.4. The summed E-state index contributed by atoms with van der Waals surface area (Å²) in [6, 6.07) is 10.9. The molecule has 2 heterocycles. The number of benzene rings is 1. The van der Waals surface area contributed by atoms with Gasteiger partial charge in [-0.05, 0) is 19.1 Å². The highest BCUT2D eigenvalue weighted by Gasteiger charge is 2.09. The third-order valence-corrected chi connectivity index (χ3v) is 4.22. The van der Waals surface area contributed by atoms with Gasteiger partial charge >= 0.3 is 0 Å². The lowest BCUT2D eigenvalue weighted by atomic mass is 10.2. The Kier molecular flexibility index (Phi) is 5.80. The molecule has 0 radical (unpaired) electrons. The number of aromatic nitrogens is 4. The molecule has 2 aromatic heterocycles. The summed E-state index contributed by atoms with van der Waals surface area (Å²) in [6.45, 7) is 2.12. The minimum atomic E-state index is -0.230. The number of hydrogen-bond acceptors (Lipinski definition) is 7. The van der Waals surface area contributed by atoms with Crippen molar-refractivity contribution in [2.24, 2.45) is 0 Å². The molecule has 0 aliphatic heterocycles. The van der Waals surface area contributed by atoms with Crippen molar-refractivity contribution < 1.29 is 9.32 Å². The van der Waals surface area contributed by atoms with E-state index in [2.05, 4.69) is 25.4 Å². The van der Waals surface area contributed by atoms with Crippen molar-refractivity contribution in [2.75, 3.05) is 12.3 Å². The SMILES string of the molecule is Cc1cc(=O)[nH]c(SCC(=O)NCCc2noc(-c3ccccc3)n2)n1. The largest absolute Gasteiger partial charge is 0.355 e. The van der Waals surface area contributed by atoms with Crippen molar-refractivity contribution in [1.82, 2.24) is 25.4 Å². The molecule has 0 spiro atoms. The molecule has 0 fully saturated rings. The molecule has 1 aromatic carbocycles. The molecule has 9 heteroatoms. The van der Waals surface area contributed by atoms with E-state index in [9.17, 15) is 9.59 Å². The summed E-state index contributed by atoms with van der Waals surface area (Å²) < 4.78 is 5.22. The van der Waals surface area contributed by atoms with Crippen molar-refractivity contribution in [2.45, 2.75) is 18.5 Å². The zero-order valence-corrected chi connectivity index (χ0v) is 14.9. The second-order valence-corrected chi connectivity index (χ2v) is 6.43. The summed E-state index contributed by atoms with van der Waals surface area (Å²) in [4.78, 5) is 34.3. The summed E-state index contributed by atoms with van der Waals surface area (Å²) in [5.74, 6) is 0.984. The first kappa shape index (κ1) is 17.9. The number of carbonyl (C=O) groups excluding carboxylic acids is 1. The lowest BCUT2D eigenvalue weighted by Crippen LogP contribution is -2.27. The standard InChI is InChI=1S/C17H17N5O3S/c1-11-9-14(23)21-17(19-11)26-10-15(24)18-8-7-13-20-16(25-22-13)12-5-3-2-4-6-12/h2-6,9H,7-8,10H2,1H3,(H,18,24)(H,19,21,23). The molecular formula is C17H17N5O3S. The highest BCUT2D eigenvalue weighted by atomic mass is 32.2. The predicted octanol–water partition coefficient (Wildman–Crippen LogP) is 1.58. The molecule has 0 aliphatic carbocycles. The monoisotopic (exact) mass is 371 g/mol. The van der Waals surface area contributed by atoms with Gasteiger partial charge in [0.25, 0.3) is 11.4 Å². The Balaban J connectivity index is 1.44. The van der Waals surface area contributed by atoms with Crippen LogP contribution in [0.3, 0.4) is 0 Å². The quantitative estimate of drug-likeness (QED) is 0.479. The van der Waals surface area contributed by atoms with Gasteiger partial charge in [-0.1, -0.05) is 35.1 Å². The van der Waals surface area contributed by atoms with Crippen LogP contribution in [0.15, 0.2) is 50.9 Å². The van der Waals surface area contributed by atoms with Crippen LogP contribution in [0.5, 0.6) is 0 Å². The van der Waals surface area contributed by atoms with Gasteiger partial charge in [0.1, 0.15) is 0 Å². The van der Waals surface area contributed by atoms with Crippen LogP contribution in [0.25, 0.3) is 11.5 Å². The number of amides is 1. The smallest absolute Gasteiger partial charge is 0.257 e. The van der Waals surface area contributed by atoms with Crippen molar-refractivity contribution in [3.63, 3.8) is 0 Å². The van der Waals surface area contributed by atoms with Gasteiger partial charge in [0.2, 0.25) is 5.91 Å². The van der Waals surface area contributed by atoms with E-state index in [4.69, 9.17) is 4.52 Å². The molecule has 0 saturated heterocycles. The second-order valence-electron chi connectivity index (χ2n) is 5.46. The maximum atomic E-state index is 11.9. The number of aromatic amines is 1. The minimum Gasteiger partial charge on any atom is -0.355 e. The number of thioether (sulfide) groups is 1. The Hall–Kier alpha value is -2.94. The molecule has 134 valence electrons. The van der Waals surface area contributed by atoms with E-state index in [1.165, 1.54) is 17.8 Å².